The van der Waals surface area contributed by atoms with Crippen LogP contribution in [0.4, 0.5) is 0 Å². The normalized spacial score (nSPS) is 25.8. The maximum atomic E-state index is 5.90. The highest BCUT2D eigenvalue weighted by molar-refractivity contribution is 5.90. The number of nitrogens with zero attached hydrogens (tertiary/aromatic N) is 2. The smallest absolute Gasteiger partial charge is 0.124 e. The van der Waals surface area contributed by atoms with Gasteiger partial charge in [0, 0.05) is 36.7 Å². The molecule has 20 heavy (non-hydrogen) atoms. The van der Waals surface area contributed by atoms with Gasteiger partial charge in [0.05, 0.1) is 12.6 Å². The van der Waals surface area contributed by atoms with Gasteiger partial charge in [-0.2, -0.15) is 5.10 Å². The van der Waals surface area contributed by atoms with Gasteiger partial charge in [-0.25, -0.2) is 0 Å². The molecule has 1 aromatic carbocycles. The van der Waals surface area contributed by atoms with E-state index in [4.69, 9.17) is 4.74 Å². The summed E-state index contributed by atoms with van der Waals surface area (Å²) in [5.74, 6) is 1.47. The third-order valence-electron chi connectivity index (χ3n) is 4.15. The average molecular weight is 273 g/mol. The Morgan fingerprint density at radius 2 is 2.25 bits per heavy atom. The van der Waals surface area contributed by atoms with Gasteiger partial charge in [-0.15, -0.1) is 0 Å². The second kappa shape index (κ2) is 5.83. The molecule has 2 unspecified atom stereocenters. The Kier molecular flexibility index (Phi) is 3.92. The summed E-state index contributed by atoms with van der Waals surface area (Å²) < 4.78 is 5.90. The van der Waals surface area contributed by atoms with E-state index >= 15 is 0 Å². The largest absolute Gasteiger partial charge is 0.493 e. The summed E-state index contributed by atoms with van der Waals surface area (Å²) in [4.78, 5) is 2.39. The highest BCUT2D eigenvalue weighted by Gasteiger charge is 2.37. The van der Waals surface area contributed by atoms with Crippen LogP contribution in [0.2, 0.25) is 0 Å². The summed E-state index contributed by atoms with van der Waals surface area (Å²) in [6, 6.07) is 8.60. The van der Waals surface area contributed by atoms with E-state index in [9.17, 15) is 0 Å². The third-order valence-corrected chi connectivity index (χ3v) is 4.15. The van der Waals surface area contributed by atoms with Crippen LogP contribution in [0.3, 0.4) is 0 Å². The van der Waals surface area contributed by atoms with Gasteiger partial charge in [-0.3, -0.25) is 0 Å². The fraction of sp³-hybridized carbons (Fsp3) is 0.562. The Morgan fingerprint density at radius 1 is 1.40 bits per heavy atom. The fourth-order valence-electron chi connectivity index (χ4n) is 3.07. The van der Waals surface area contributed by atoms with Gasteiger partial charge >= 0.3 is 0 Å². The van der Waals surface area contributed by atoms with Crippen molar-refractivity contribution in [1.29, 1.82) is 0 Å². The summed E-state index contributed by atoms with van der Waals surface area (Å²) in [5.41, 5.74) is 5.89. The highest BCUT2D eigenvalue weighted by atomic mass is 16.5. The molecule has 3 rings (SSSR count). The van der Waals surface area contributed by atoms with Gasteiger partial charge in [0.2, 0.25) is 0 Å². The number of likely N-dealkylation sites (tertiary alicyclic amines) is 1. The molecule has 0 amide bonds. The first-order valence-corrected chi connectivity index (χ1v) is 7.52. The number of rotatable bonds is 4. The molecule has 0 aliphatic carbocycles. The monoisotopic (exact) mass is 273 g/mol. The molecule has 0 bridgehead atoms. The molecule has 0 aromatic heterocycles. The molecule has 108 valence electrons. The zero-order valence-corrected chi connectivity index (χ0v) is 12.3. The number of piperidine rings is 1. The van der Waals surface area contributed by atoms with Crippen LogP contribution in [0.25, 0.3) is 0 Å². The van der Waals surface area contributed by atoms with E-state index < -0.39 is 0 Å². The van der Waals surface area contributed by atoms with Crippen LogP contribution in [-0.4, -0.2) is 37.4 Å². The average Bonchev–Trinajstić information content (AvgIpc) is 2.88. The van der Waals surface area contributed by atoms with Gasteiger partial charge in [0.25, 0.3) is 0 Å². The van der Waals surface area contributed by atoms with Crippen LogP contribution in [0, 0.1) is 5.92 Å². The standard InChI is InChI=1S/C16H23N3O/c1-3-10-20-15-7-5-4-6-12(15)16-13-11-19(2)9-8-14(13)17-18-16/h4-7,13,16,18H,3,8-11H2,1-2H3. The second-order valence-corrected chi connectivity index (χ2v) is 5.71. The molecule has 1 fully saturated rings. The van der Waals surface area contributed by atoms with Crippen LogP contribution >= 0.6 is 0 Å². The van der Waals surface area contributed by atoms with E-state index in [1.54, 1.807) is 0 Å². The van der Waals surface area contributed by atoms with Gasteiger partial charge in [0.15, 0.2) is 0 Å². The van der Waals surface area contributed by atoms with Crippen molar-refractivity contribution in [3.8, 4) is 5.75 Å². The number of para-hydroxylation sites is 1. The molecule has 1 saturated heterocycles. The minimum absolute atomic E-state index is 0.251. The lowest BCUT2D eigenvalue weighted by atomic mass is 9.86. The van der Waals surface area contributed by atoms with E-state index in [0.717, 1.165) is 38.3 Å². The molecule has 4 nitrogen and oxygen atoms in total. The Balaban J connectivity index is 1.83. The van der Waals surface area contributed by atoms with Crippen molar-refractivity contribution in [3.05, 3.63) is 29.8 Å². The van der Waals surface area contributed by atoms with Gasteiger partial charge < -0.3 is 15.1 Å². The number of hydrazone groups is 1. The van der Waals surface area contributed by atoms with Gasteiger partial charge in [-0.1, -0.05) is 25.1 Å². The van der Waals surface area contributed by atoms with Gasteiger partial charge in [0.1, 0.15) is 5.75 Å². The summed E-state index contributed by atoms with van der Waals surface area (Å²) in [7, 11) is 2.19. The molecule has 1 N–H and O–H groups in total. The molecule has 4 heteroatoms. The molecular formula is C16H23N3O. The number of fused-ring (bicyclic) bond motifs is 1. The van der Waals surface area contributed by atoms with Gasteiger partial charge in [-0.05, 0) is 19.5 Å². The molecule has 0 spiro atoms. The second-order valence-electron chi connectivity index (χ2n) is 5.71. The summed E-state index contributed by atoms with van der Waals surface area (Å²) in [5, 5.41) is 4.56. The minimum Gasteiger partial charge on any atom is -0.493 e. The highest BCUT2D eigenvalue weighted by Crippen LogP contribution is 2.36. The van der Waals surface area contributed by atoms with Crippen molar-refractivity contribution < 1.29 is 4.74 Å². The first-order chi connectivity index (χ1) is 9.79. The van der Waals surface area contributed by atoms with Crippen molar-refractivity contribution in [2.24, 2.45) is 11.0 Å². The lowest BCUT2D eigenvalue weighted by Gasteiger charge is -2.31. The first kappa shape index (κ1) is 13.4. The van der Waals surface area contributed by atoms with E-state index in [1.165, 1.54) is 11.3 Å². The van der Waals surface area contributed by atoms with Crippen molar-refractivity contribution in [3.63, 3.8) is 0 Å². The Hall–Kier alpha value is -1.55. The molecular weight excluding hydrogens is 250 g/mol. The van der Waals surface area contributed by atoms with Crippen LogP contribution in [0.5, 0.6) is 5.75 Å². The molecule has 2 aliphatic rings. The van der Waals surface area contributed by atoms with Crippen molar-refractivity contribution in [1.82, 2.24) is 10.3 Å². The summed E-state index contributed by atoms with van der Waals surface area (Å²) >= 11 is 0. The van der Waals surface area contributed by atoms with Crippen molar-refractivity contribution in [2.45, 2.75) is 25.8 Å². The number of ether oxygens (including phenoxy) is 1. The van der Waals surface area contributed by atoms with Crippen molar-refractivity contribution in [2.75, 3.05) is 26.7 Å². The predicted molar refractivity (Wildman–Crippen MR) is 81.1 cm³/mol. The third kappa shape index (κ3) is 2.52. The molecule has 2 heterocycles. The lowest BCUT2D eigenvalue weighted by Crippen LogP contribution is -2.39. The Morgan fingerprint density at radius 3 is 3.10 bits per heavy atom. The van der Waals surface area contributed by atoms with Crippen molar-refractivity contribution >= 4 is 5.71 Å². The predicted octanol–water partition coefficient (Wildman–Crippen LogP) is 2.43. The molecule has 0 radical (unpaired) electrons. The number of benzene rings is 1. The number of nitrogens with one attached hydrogen (secondary N) is 1. The topological polar surface area (TPSA) is 36.9 Å². The van der Waals surface area contributed by atoms with Crippen LogP contribution < -0.4 is 10.2 Å². The van der Waals surface area contributed by atoms with E-state index in [1.807, 2.05) is 6.07 Å². The number of hydrogen-bond donors (Lipinski definition) is 1. The van der Waals surface area contributed by atoms with Crippen LogP contribution in [0.15, 0.2) is 29.4 Å². The molecule has 1 aromatic rings. The Labute approximate surface area is 120 Å². The first-order valence-electron chi connectivity index (χ1n) is 7.52. The molecule has 2 atom stereocenters. The fourth-order valence-corrected chi connectivity index (χ4v) is 3.07. The molecule has 0 saturated carbocycles. The van der Waals surface area contributed by atoms with Crippen LogP contribution in [-0.2, 0) is 0 Å². The Bertz CT molecular complexity index is 500. The number of hydrogen-bond acceptors (Lipinski definition) is 4. The van der Waals surface area contributed by atoms with E-state index in [-0.39, 0.29) is 6.04 Å². The minimum atomic E-state index is 0.251. The SMILES string of the molecule is CCCOc1ccccc1C1NN=C2CCN(C)CC21. The zero-order valence-electron chi connectivity index (χ0n) is 12.3. The molecule has 2 aliphatic heterocycles. The lowest BCUT2D eigenvalue weighted by molar-refractivity contribution is 0.266. The summed E-state index contributed by atoms with van der Waals surface area (Å²) in [6.07, 6.45) is 2.10. The zero-order chi connectivity index (χ0) is 13.9. The van der Waals surface area contributed by atoms with E-state index in [2.05, 4.69) is 47.6 Å². The quantitative estimate of drug-likeness (QED) is 0.915. The van der Waals surface area contributed by atoms with Crippen LogP contribution in [0.1, 0.15) is 31.4 Å². The maximum Gasteiger partial charge on any atom is 0.124 e. The summed E-state index contributed by atoms with van der Waals surface area (Å²) in [6.45, 7) is 5.08. The van der Waals surface area contributed by atoms with E-state index in [0.29, 0.717) is 5.92 Å². The maximum absolute atomic E-state index is 5.90.